The molecular formula is C17H19ClFN3O4S. The van der Waals surface area contributed by atoms with Gasteiger partial charge in [0.1, 0.15) is 5.82 Å². The van der Waals surface area contributed by atoms with Crippen molar-refractivity contribution in [3.63, 3.8) is 0 Å². The highest BCUT2D eigenvalue weighted by atomic mass is 35.5. The normalized spacial score (nSPS) is 20.2. The number of hydrogen-bond acceptors (Lipinski definition) is 5. The second kappa shape index (κ2) is 8.30. The van der Waals surface area contributed by atoms with Gasteiger partial charge in [-0.15, -0.1) is 12.4 Å². The van der Waals surface area contributed by atoms with Crippen LogP contribution in [0.4, 0.5) is 10.1 Å². The van der Waals surface area contributed by atoms with E-state index in [4.69, 9.17) is 5.73 Å². The first-order valence-corrected chi connectivity index (χ1v) is 9.48. The molecule has 0 radical (unpaired) electrons. The summed E-state index contributed by atoms with van der Waals surface area (Å²) in [5.41, 5.74) is 5.98. The lowest BCUT2D eigenvalue weighted by atomic mass is 9.89. The molecule has 1 aliphatic rings. The maximum Gasteiger partial charge on any atom is 0.292 e. The first kappa shape index (κ1) is 21.2. The van der Waals surface area contributed by atoms with Crippen molar-refractivity contribution in [1.29, 1.82) is 0 Å². The van der Waals surface area contributed by atoms with E-state index >= 15 is 0 Å². The zero-order chi connectivity index (χ0) is 18.9. The topological polar surface area (TPSA) is 107 Å². The Hall–Kier alpha value is -2.07. The molecule has 0 amide bonds. The molecule has 146 valence electrons. The molecular weight excluding hydrogens is 397 g/mol. The third kappa shape index (κ3) is 3.96. The summed E-state index contributed by atoms with van der Waals surface area (Å²) < 4.78 is 41.2. The Balaban J connectivity index is 0.00000261. The van der Waals surface area contributed by atoms with Gasteiger partial charge in [-0.25, -0.2) is 12.8 Å². The number of nitro benzene ring substituents is 1. The molecule has 0 bridgehead atoms. The van der Waals surface area contributed by atoms with Gasteiger partial charge in [-0.1, -0.05) is 36.4 Å². The lowest BCUT2D eigenvalue weighted by Gasteiger charge is -2.17. The quantitative estimate of drug-likeness (QED) is 0.596. The molecule has 1 aliphatic heterocycles. The molecule has 3 rings (SSSR count). The molecule has 27 heavy (non-hydrogen) atoms. The second-order valence-corrected chi connectivity index (χ2v) is 8.05. The number of nitrogens with zero attached hydrogens (tertiary/aromatic N) is 2. The Morgan fingerprint density at radius 1 is 1.15 bits per heavy atom. The first-order valence-electron chi connectivity index (χ1n) is 8.04. The van der Waals surface area contributed by atoms with Crippen LogP contribution in [0.1, 0.15) is 11.5 Å². The van der Waals surface area contributed by atoms with Crippen molar-refractivity contribution < 1.29 is 17.7 Å². The van der Waals surface area contributed by atoms with Gasteiger partial charge in [0.25, 0.3) is 15.7 Å². The molecule has 1 fully saturated rings. The monoisotopic (exact) mass is 415 g/mol. The fraction of sp³-hybridized carbons (Fsp3) is 0.294. The molecule has 1 heterocycles. The zero-order valence-corrected chi connectivity index (χ0v) is 15.8. The molecule has 2 aromatic carbocycles. The minimum Gasteiger partial charge on any atom is -0.330 e. The van der Waals surface area contributed by atoms with E-state index in [1.807, 2.05) is 30.3 Å². The molecule has 10 heteroatoms. The number of rotatable bonds is 5. The third-order valence-corrected chi connectivity index (χ3v) is 6.58. The number of nitrogens with two attached hydrogens (primary N) is 1. The van der Waals surface area contributed by atoms with Gasteiger partial charge in [0.2, 0.25) is 0 Å². The van der Waals surface area contributed by atoms with Gasteiger partial charge in [0.05, 0.1) is 4.92 Å². The molecule has 7 nitrogen and oxygen atoms in total. The van der Waals surface area contributed by atoms with Crippen molar-refractivity contribution in [3.8, 4) is 0 Å². The Labute approximate surface area is 162 Å². The molecule has 0 unspecified atom stereocenters. The van der Waals surface area contributed by atoms with E-state index in [0.717, 1.165) is 28.1 Å². The smallest absolute Gasteiger partial charge is 0.292 e. The number of sulfonamides is 1. The number of nitro groups is 1. The summed E-state index contributed by atoms with van der Waals surface area (Å²) in [4.78, 5) is 9.40. The lowest BCUT2D eigenvalue weighted by molar-refractivity contribution is -0.388. The lowest BCUT2D eigenvalue weighted by Crippen LogP contribution is -2.31. The number of hydrogen-bond donors (Lipinski definition) is 1. The first-order chi connectivity index (χ1) is 12.4. The van der Waals surface area contributed by atoms with Crippen LogP contribution in [0.25, 0.3) is 0 Å². The molecule has 0 aliphatic carbocycles. The zero-order valence-electron chi connectivity index (χ0n) is 14.2. The highest BCUT2D eigenvalue weighted by Gasteiger charge is 2.42. The predicted molar refractivity (Wildman–Crippen MR) is 101 cm³/mol. The van der Waals surface area contributed by atoms with E-state index in [2.05, 4.69) is 0 Å². The van der Waals surface area contributed by atoms with E-state index < -0.39 is 31.3 Å². The minimum absolute atomic E-state index is 0. The minimum atomic E-state index is -4.37. The van der Waals surface area contributed by atoms with Crippen molar-refractivity contribution in [3.05, 3.63) is 70.0 Å². The number of halogens is 2. The Bertz CT molecular complexity index is 927. The van der Waals surface area contributed by atoms with Crippen molar-refractivity contribution in [1.82, 2.24) is 4.31 Å². The summed E-state index contributed by atoms with van der Waals surface area (Å²) in [6.07, 6.45) is 0. The van der Waals surface area contributed by atoms with Gasteiger partial charge < -0.3 is 5.73 Å². The fourth-order valence-electron chi connectivity index (χ4n) is 3.37. The van der Waals surface area contributed by atoms with Crippen LogP contribution in [0.5, 0.6) is 0 Å². The Kier molecular flexibility index (Phi) is 6.53. The average molecular weight is 416 g/mol. The Morgan fingerprint density at radius 3 is 2.41 bits per heavy atom. The van der Waals surface area contributed by atoms with Crippen LogP contribution in [0, 0.1) is 21.8 Å². The molecule has 2 N–H and O–H groups in total. The summed E-state index contributed by atoms with van der Waals surface area (Å²) in [7, 11) is -4.37. The highest BCUT2D eigenvalue weighted by Crippen LogP contribution is 2.37. The molecule has 1 saturated heterocycles. The fourth-order valence-corrected chi connectivity index (χ4v) is 5.09. The average Bonchev–Trinajstić information content (AvgIpc) is 3.07. The molecule has 0 saturated carbocycles. The van der Waals surface area contributed by atoms with Crippen LogP contribution in [-0.2, 0) is 10.0 Å². The van der Waals surface area contributed by atoms with Gasteiger partial charge in [0, 0.05) is 25.1 Å². The largest absolute Gasteiger partial charge is 0.330 e. The van der Waals surface area contributed by atoms with Crippen molar-refractivity contribution >= 4 is 28.1 Å². The maximum absolute atomic E-state index is 14.2. The van der Waals surface area contributed by atoms with Crippen LogP contribution in [0.15, 0.2) is 53.4 Å². The number of benzene rings is 2. The molecule has 2 atom stereocenters. The van der Waals surface area contributed by atoms with Gasteiger partial charge in [-0.2, -0.15) is 4.31 Å². The van der Waals surface area contributed by atoms with Crippen LogP contribution in [0.2, 0.25) is 0 Å². The van der Waals surface area contributed by atoms with E-state index in [1.54, 1.807) is 0 Å². The Morgan fingerprint density at radius 2 is 1.81 bits per heavy atom. The van der Waals surface area contributed by atoms with E-state index in [0.29, 0.717) is 0 Å². The summed E-state index contributed by atoms with van der Waals surface area (Å²) in [6, 6.07) is 12.3. The molecule has 0 aromatic heterocycles. The van der Waals surface area contributed by atoms with Crippen molar-refractivity contribution in [2.75, 3.05) is 19.6 Å². The van der Waals surface area contributed by atoms with Crippen LogP contribution in [0.3, 0.4) is 0 Å². The van der Waals surface area contributed by atoms with E-state index in [-0.39, 0.29) is 43.9 Å². The second-order valence-electron chi connectivity index (χ2n) is 6.18. The van der Waals surface area contributed by atoms with Crippen molar-refractivity contribution in [2.24, 2.45) is 11.7 Å². The SMILES string of the molecule is Cl.NC[C@@H]1CN(S(=O)(=O)c2c(F)cccc2[N+](=O)[O-])C[C@H]1c1ccccc1. The van der Waals surface area contributed by atoms with E-state index in [9.17, 15) is 22.9 Å². The summed E-state index contributed by atoms with van der Waals surface area (Å²) in [6.45, 7) is 0.439. The molecule has 0 spiro atoms. The van der Waals surface area contributed by atoms with Gasteiger partial charge in [-0.3, -0.25) is 10.1 Å². The van der Waals surface area contributed by atoms with Crippen LogP contribution >= 0.6 is 12.4 Å². The maximum atomic E-state index is 14.2. The molecule has 2 aromatic rings. The summed E-state index contributed by atoms with van der Waals surface area (Å²) in [5.74, 6) is -1.44. The van der Waals surface area contributed by atoms with Crippen molar-refractivity contribution in [2.45, 2.75) is 10.8 Å². The standard InChI is InChI=1S/C17H18FN3O4S.ClH/c18-15-7-4-8-16(21(22)23)17(15)26(24,25)20-10-13(9-19)14(11-20)12-5-2-1-3-6-12;/h1-8,13-14H,9-11,19H2;1H/t13-,14+;/m1./s1. The van der Waals surface area contributed by atoms with Crippen LogP contribution < -0.4 is 5.73 Å². The highest BCUT2D eigenvalue weighted by molar-refractivity contribution is 7.89. The van der Waals surface area contributed by atoms with Gasteiger partial charge in [-0.05, 0) is 24.1 Å². The van der Waals surface area contributed by atoms with Crippen LogP contribution in [-0.4, -0.2) is 37.3 Å². The predicted octanol–water partition coefficient (Wildman–Crippen LogP) is 2.52. The van der Waals surface area contributed by atoms with Gasteiger partial charge in [0.15, 0.2) is 4.90 Å². The summed E-state index contributed by atoms with van der Waals surface area (Å²) in [5, 5.41) is 11.2. The summed E-state index contributed by atoms with van der Waals surface area (Å²) >= 11 is 0. The van der Waals surface area contributed by atoms with Gasteiger partial charge >= 0.3 is 0 Å². The third-order valence-electron chi connectivity index (χ3n) is 4.68. The van der Waals surface area contributed by atoms with E-state index in [1.165, 1.54) is 0 Å².